The number of benzene rings is 1. The van der Waals surface area contributed by atoms with Crippen molar-refractivity contribution in [3.05, 3.63) is 29.8 Å². The molecule has 0 N–H and O–H groups in total. The molecule has 126 valence electrons. The molecule has 0 unspecified atom stereocenters. The van der Waals surface area contributed by atoms with Crippen molar-refractivity contribution in [2.45, 2.75) is 44.9 Å². The van der Waals surface area contributed by atoms with Crippen LogP contribution in [-0.2, 0) is 9.47 Å². The molecule has 5 heteroatoms. The quantitative estimate of drug-likeness (QED) is 0.855. The van der Waals surface area contributed by atoms with Crippen molar-refractivity contribution in [2.24, 2.45) is 0 Å². The Bertz CT molecular complexity index is 524. The zero-order valence-electron chi connectivity index (χ0n) is 13.9. The predicted octanol–water partition coefficient (Wildman–Crippen LogP) is 2.49. The molecule has 0 bridgehead atoms. The van der Waals surface area contributed by atoms with E-state index in [-0.39, 0.29) is 24.2 Å². The molecule has 23 heavy (non-hydrogen) atoms. The summed E-state index contributed by atoms with van der Waals surface area (Å²) in [5.74, 6) is 0.832. The molecule has 3 atom stereocenters. The normalized spacial score (nSPS) is 27.9. The first-order valence-electron chi connectivity index (χ1n) is 8.40. The van der Waals surface area contributed by atoms with Gasteiger partial charge in [0, 0.05) is 18.7 Å². The molecule has 2 fully saturated rings. The lowest BCUT2D eigenvalue weighted by Gasteiger charge is -2.36. The summed E-state index contributed by atoms with van der Waals surface area (Å²) in [6, 6.07) is 7.49. The summed E-state index contributed by atoms with van der Waals surface area (Å²) in [5.41, 5.74) is 0.690. The van der Waals surface area contributed by atoms with Crippen molar-refractivity contribution in [2.75, 3.05) is 26.4 Å². The highest BCUT2D eigenvalue weighted by Gasteiger charge is 2.28. The number of carbonyl (C=O) groups excluding carboxylic acids is 1. The molecule has 3 rings (SSSR count). The number of rotatable bonds is 4. The topological polar surface area (TPSA) is 48.0 Å². The van der Waals surface area contributed by atoms with Crippen LogP contribution in [0.4, 0.5) is 0 Å². The number of hydrogen-bond donors (Lipinski definition) is 0. The Morgan fingerprint density at radius 3 is 2.74 bits per heavy atom. The highest BCUT2D eigenvalue weighted by atomic mass is 16.5. The zero-order valence-corrected chi connectivity index (χ0v) is 13.9. The number of hydrogen-bond acceptors (Lipinski definition) is 4. The minimum absolute atomic E-state index is 0.0540. The third-order valence-electron chi connectivity index (χ3n) is 4.43. The molecule has 1 aromatic rings. The Morgan fingerprint density at radius 1 is 1.26 bits per heavy atom. The van der Waals surface area contributed by atoms with Gasteiger partial charge in [0.2, 0.25) is 0 Å². The van der Waals surface area contributed by atoms with E-state index in [0.29, 0.717) is 25.3 Å². The molecule has 1 aromatic carbocycles. The first-order valence-corrected chi connectivity index (χ1v) is 8.40. The molecular weight excluding hydrogens is 294 g/mol. The van der Waals surface area contributed by atoms with Gasteiger partial charge in [-0.1, -0.05) is 0 Å². The summed E-state index contributed by atoms with van der Waals surface area (Å²) in [5, 5.41) is 0. The maximum Gasteiger partial charge on any atom is 0.254 e. The van der Waals surface area contributed by atoms with E-state index in [9.17, 15) is 4.79 Å². The van der Waals surface area contributed by atoms with Gasteiger partial charge < -0.3 is 19.1 Å². The van der Waals surface area contributed by atoms with Crippen LogP contribution in [0.3, 0.4) is 0 Å². The van der Waals surface area contributed by atoms with Crippen LogP contribution in [0.1, 0.15) is 37.0 Å². The fourth-order valence-corrected chi connectivity index (χ4v) is 3.01. The van der Waals surface area contributed by atoms with Gasteiger partial charge in [-0.05, 0) is 51.0 Å². The first kappa shape index (κ1) is 16.3. The van der Waals surface area contributed by atoms with E-state index in [1.165, 1.54) is 0 Å². The van der Waals surface area contributed by atoms with Crippen molar-refractivity contribution in [1.29, 1.82) is 0 Å². The van der Waals surface area contributed by atoms with E-state index in [4.69, 9.17) is 14.2 Å². The van der Waals surface area contributed by atoms with E-state index in [1.807, 2.05) is 43.0 Å². The lowest BCUT2D eigenvalue weighted by molar-refractivity contribution is -0.0387. The molecule has 5 nitrogen and oxygen atoms in total. The Kier molecular flexibility index (Phi) is 5.18. The molecular formula is C18H25NO4. The molecule has 1 amide bonds. The van der Waals surface area contributed by atoms with Gasteiger partial charge in [-0.2, -0.15) is 0 Å². The number of amides is 1. The van der Waals surface area contributed by atoms with Gasteiger partial charge >= 0.3 is 0 Å². The minimum atomic E-state index is 0.0540. The predicted molar refractivity (Wildman–Crippen MR) is 86.8 cm³/mol. The third kappa shape index (κ3) is 4.03. The van der Waals surface area contributed by atoms with E-state index < -0.39 is 0 Å². The van der Waals surface area contributed by atoms with Gasteiger partial charge in [-0.3, -0.25) is 4.79 Å². The van der Waals surface area contributed by atoms with Crippen molar-refractivity contribution in [3.8, 4) is 5.75 Å². The van der Waals surface area contributed by atoms with Gasteiger partial charge in [-0.15, -0.1) is 0 Å². The first-order chi connectivity index (χ1) is 11.1. The second-order valence-corrected chi connectivity index (χ2v) is 6.42. The Hall–Kier alpha value is -1.59. The second kappa shape index (κ2) is 7.32. The minimum Gasteiger partial charge on any atom is -0.491 e. The van der Waals surface area contributed by atoms with E-state index in [2.05, 4.69) is 0 Å². The Labute approximate surface area is 137 Å². The summed E-state index contributed by atoms with van der Waals surface area (Å²) in [6.07, 6.45) is 2.46. The standard InChI is InChI=1S/C18H25NO4/c1-13-11-22-14(2)10-19(13)18(20)15-5-7-16(8-6-15)23-12-17-4-3-9-21-17/h5-8,13-14,17H,3-4,9-12H2,1-2H3/t13-,14+,17-/m0/s1. The van der Waals surface area contributed by atoms with Crippen molar-refractivity contribution >= 4 is 5.91 Å². The number of carbonyl (C=O) groups is 1. The number of nitrogens with zero attached hydrogens (tertiary/aromatic N) is 1. The number of morpholine rings is 1. The Morgan fingerprint density at radius 2 is 2.04 bits per heavy atom. The maximum atomic E-state index is 12.6. The number of ether oxygens (including phenoxy) is 3. The van der Waals surface area contributed by atoms with Crippen LogP contribution in [0.2, 0.25) is 0 Å². The molecule has 0 aromatic heterocycles. The van der Waals surface area contributed by atoms with Crippen molar-refractivity contribution < 1.29 is 19.0 Å². The smallest absolute Gasteiger partial charge is 0.254 e. The van der Waals surface area contributed by atoms with Crippen LogP contribution in [0.25, 0.3) is 0 Å². The van der Waals surface area contributed by atoms with Crippen LogP contribution in [0.15, 0.2) is 24.3 Å². The summed E-state index contributed by atoms with van der Waals surface area (Å²) in [4.78, 5) is 14.5. The zero-order chi connectivity index (χ0) is 16.2. The van der Waals surface area contributed by atoms with E-state index in [0.717, 1.165) is 25.2 Å². The molecule has 0 aliphatic carbocycles. The van der Waals surface area contributed by atoms with Crippen molar-refractivity contribution in [1.82, 2.24) is 4.90 Å². The Balaban J connectivity index is 1.58. The van der Waals surface area contributed by atoms with E-state index in [1.54, 1.807) is 0 Å². The van der Waals surface area contributed by atoms with Gasteiger partial charge in [0.25, 0.3) is 5.91 Å². The highest BCUT2D eigenvalue weighted by Crippen LogP contribution is 2.19. The van der Waals surface area contributed by atoms with Crippen LogP contribution >= 0.6 is 0 Å². The van der Waals surface area contributed by atoms with Crippen LogP contribution in [-0.4, -0.2) is 55.4 Å². The van der Waals surface area contributed by atoms with Crippen LogP contribution in [0.5, 0.6) is 5.75 Å². The van der Waals surface area contributed by atoms with Crippen LogP contribution < -0.4 is 4.74 Å². The van der Waals surface area contributed by atoms with Gasteiger partial charge in [0.15, 0.2) is 0 Å². The fraction of sp³-hybridized carbons (Fsp3) is 0.611. The van der Waals surface area contributed by atoms with Gasteiger partial charge in [0.05, 0.1) is 24.9 Å². The second-order valence-electron chi connectivity index (χ2n) is 6.42. The lowest BCUT2D eigenvalue weighted by Crippen LogP contribution is -2.50. The average molecular weight is 319 g/mol. The molecule has 0 radical (unpaired) electrons. The lowest BCUT2D eigenvalue weighted by atomic mass is 10.1. The summed E-state index contributed by atoms with van der Waals surface area (Å²) in [7, 11) is 0. The summed E-state index contributed by atoms with van der Waals surface area (Å²) in [6.45, 7) is 6.65. The van der Waals surface area contributed by atoms with Gasteiger partial charge in [0.1, 0.15) is 12.4 Å². The van der Waals surface area contributed by atoms with E-state index >= 15 is 0 Å². The van der Waals surface area contributed by atoms with Crippen molar-refractivity contribution in [3.63, 3.8) is 0 Å². The fourth-order valence-electron chi connectivity index (χ4n) is 3.01. The average Bonchev–Trinajstić information content (AvgIpc) is 3.08. The SMILES string of the molecule is C[C@@H]1CN(C(=O)c2ccc(OC[C@@H]3CCCO3)cc2)[C@@H](C)CO1. The molecule has 2 saturated heterocycles. The molecule has 0 spiro atoms. The monoisotopic (exact) mass is 319 g/mol. The summed E-state index contributed by atoms with van der Waals surface area (Å²) >= 11 is 0. The molecule has 2 aliphatic rings. The largest absolute Gasteiger partial charge is 0.491 e. The molecule has 2 aliphatic heterocycles. The molecule has 0 saturated carbocycles. The maximum absolute atomic E-state index is 12.6. The van der Waals surface area contributed by atoms with Gasteiger partial charge in [-0.25, -0.2) is 0 Å². The van der Waals surface area contributed by atoms with Crippen LogP contribution in [0, 0.1) is 0 Å². The highest BCUT2D eigenvalue weighted by molar-refractivity contribution is 5.94. The molecule has 2 heterocycles. The third-order valence-corrected chi connectivity index (χ3v) is 4.43. The summed E-state index contributed by atoms with van der Waals surface area (Å²) < 4.78 is 16.9.